The number of piperidine rings is 1. The zero-order valence-corrected chi connectivity index (χ0v) is 13.8. The highest BCUT2D eigenvalue weighted by Gasteiger charge is 2.26. The highest BCUT2D eigenvalue weighted by atomic mass is 19.1. The maximum Gasteiger partial charge on any atom is 0.223 e. The van der Waals surface area contributed by atoms with E-state index in [2.05, 4.69) is 20.8 Å². The molecule has 0 N–H and O–H groups in total. The van der Waals surface area contributed by atoms with Crippen molar-refractivity contribution in [2.45, 2.75) is 52.7 Å². The highest BCUT2D eigenvalue weighted by Crippen LogP contribution is 2.22. The molecule has 0 bridgehead atoms. The molecule has 1 amide bonds. The molecule has 1 unspecified atom stereocenters. The highest BCUT2D eigenvalue weighted by molar-refractivity contribution is 5.76. The van der Waals surface area contributed by atoms with E-state index >= 15 is 0 Å². The van der Waals surface area contributed by atoms with Crippen LogP contribution in [0, 0.1) is 11.2 Å². The van der Waals surface area contributed by atoms with Crippen LogP contribution in [0.4, 0.5) is 4.39 Å². The SMILES string of the molecule is CC(C)(C)CC(=O)N1CCCC(OCc2cccc(F)c2)C1. The Kier molecular flexibility index (Phi) is 5.57. The molecule has 0 spiro atoms. The number of rotatable bonds is 4. The van der Waals surface area contributed by atoms with Crippen LogP contribution in [0.2, 0.25) is 0 Å². The van der Waals surface area contributed by atoms with E-state index in [9.17, 15) is 9.18 Å². The summed E-state index contributed by atoms with van der Waals surface area (Å²) in [7, 11) is 0. The van der Waals surface area contributed by atoms with Crippen molar-refractivity contribution in [2.24, 2.45) is 5.41 Å². The van der Waals surface area contributed by atoms with Gasteiger partial charge in [-0.1, -0.05) is 32.9 Å². The van der Waals surface area contributed by atoms with Crippen molar-refractivity contribution in [3.05, 3.63) is 35.6 Å². The average molecular weight is 307 g/mol. The molecule has 0 radical (unpaired) electrons. The number of benzene rings is 1. The van der Waals surface area contributed by atoms with Crippen LogP contribution < -0.4 is 0 Å². The molecule has 3 nitrogen and oxygen atoms in total. The third-order valence-corrected chi connectivity index (χ3v) is 3.79. The van der Waals surface area contributed by atoms with Crippen molar-refractivity contribution in [1.82, 2.24) is 4.90 Å². The van der Waals surface area contributed by atoms with Crippen molar-refractivity contribution < 1.29 is 13.9 Å². The van der Waals surface area contributed by atoms with Crippen molar-refractivity contribution in [1.29, 1.82) is 0 Å². The van der Waals surface area contributed by atoms with E-state index in [0.29, 0.717) is 19.6 Å². The molecule has 1 saturated heterocycles. The number of ether oxygens (including phenoxy) is 1. The van der Waals surface area contributed by atoms with Crippen molar-refractivity contribution in [2.75, 3.05) is 13.1 Å². The molecule has 122 valence electrons. The molecular formula is C18H26FNO2. The van der Waals surface area contributed by atoms with Crippen LogP contribution in [-0.4, -0.2) is 30.0 Å². The fraction of sp³-hybridized carbons (Fsp3) is 0.611. The minimum Gasteiger partial charge on any atom is -0.372 e. The number of nitrogens with zero attached hydrogens (tertiary/aromatic N) is 1. The fourth-order valence-electron chi connectivity index (χ4n) is 2.71. The predicted molar refractivity (Wildman–Crippen MR) is 84.9 cm³/mol. The Hall–Kier alpha value is -1.42. The molecular weight excluding hydrogens is 281 g/mol. The van der Waals surface area contributed by atoms with E-state index in [1.807, 2.05) is 11.0 Å². The van der Waals surface area contributed by atoms with Crippen LogP contribution in [0.1, 0.15) is 45.6 Å². The fourth-order valence-corrected chi connectivity index (χ4v) is 2.71. The summed E-state index contributed by atoms with van der Waals surface area (Å²) in [5.41, 5.74) is 0.838. The molecule has 1 fully saturated rings. The Bertz CT molecular complexity index is 510. The molecule has 1 heterocycles. The van der Waals surface area contributed by atoms with E-state index < -0.39 is 0 Å². The van der Waals surface area contributed by atoms with Gasteiger partial charge in [0.25, 0.3) is 0 Å². The van der Waals surface area contributed by atoms with Gasteiger partial charge in [0.05, 0.1) is 12.7 Å². The van der Waals surface area contributed by atoms with E-state index in [1.165, 1.54) is 12.1 Å². The largest absolute Gasteiger partial charge is 0.372 e. The van der Waals surface area contributed by atoms with Gasteiger partial charge in [-0.05, 0) is 36.0 Å². The van der Waals surface area contributed by atoms with Crippen LogP contribution in [0.5, 0.6) is 0 Å². The molecule has 0 saturated carbocycles. The maximum absolute atomic E-state index is 13.1. The first-order chi connectivity index (χ1) is 10.3. The molecule has 0 aromatic heterocycles. The Morgan fingerprint density at radius 3 is 2.86 bits per heavy atom. The monoisotopic (exact) mass is 307 g/mol. The Balaban J connectivity index is 1.84. The van der Waals surface area contributed by atoms with Gasteiger partial charge in [-0.25, -0.2) is 4.39 Å². The summed E-state index contributed by atoms with van der Waals surface area (Å²) in [6, 6.07) is 6.46. The number of halogens is 1. The smallest absolute Gasteiger partial charge is 0.223 e. The number of carbonyl (C=O) groups excluding carboxylic acids is 1. The van der Waals surface area contributed by atoms with Crippen LogP contribution in [0.25, 0.3) is 0 Å². The summed E-state index contributed by atoms with van der Waals surface area (Å²) < 4.78 is 19.0. The zero-order chi connectivity index (χ0) is 16.2. The second kappa shape index (κ2) is 7.23. The first kappa shape index (κ1) is 16.9. The van der Waals surface area contributed by atoms with E-state index in [4.69, 9.17) is 4.74 Å². The number of carbonyl (C=O) groups is 1. The molecule has 0 aliphatic carbocycles. The van der Waals surface area contributed by atoms with Crippen LogP contribution in [-0.2, 0) is 16.1 Å². The van der Waals surface area contributed by atoms with Gasteiger partial charge in [0.15, 0.2) is 0 Å². The van der Waals surface area contributed by atoms with Gasteiger partial charge in [-0.3, -0.25) is 4.79 Å². The first-order valence-electron chi connectivity index (χ1n) is 7.97. The van der Waals surface area contributed by atoms with E-state index in [0.717, 1.165) is 24.9 Å². The molecule has 1 atom stereocenters. The second-order valence-corrected chi connectivity index (χ2v) is 7.28. The van der Waals surface area contributed by atoms with Gasteiger partial charge in [0, 0.05) is 19.5 Å². The second-order valence-electron chi connectivity index (χ2n) is 7.28. The van der Waals surface area contributed by atoms with Gasteiger partial charge in [-0.2, -0.15) is 0 Å². The van der Waals surface area contributed by atoms with Gasteiger partial charge in [0.1, 0.15) is 5.82 Å². The molecule has 22 heavy (non-hydrogen) atoms. The quantitative estimate of drug-likeness (QED) is 0.847. The van der Waals surface area contributed by atoms with Crippen LogP contribution in [0.3, 0.4) is 0 Å². The lowest BCUT2D eigenvalue weighted by Crippen LogP contribution is -2.44. The van der Waals surface area contributed by atoms with Crippen molar-refractivity contribution in [3.8, 4) is 0 Å². The third kappa shape index (κ3) is 5.41. The molecule has 1 aliphatic heterocycles. The maximum atomic E-state index is 13.1. The summed E-state index contributed by atoms with van der Waals surface area (Å²) in [6.07, 6.45) is 2.52. The number of hydrogen-bond donors (Lipinski definition) is 0. The normalized spacial score (nSPS) is 19.3. The lowest BCUT2D eigenvalue weighted by molar-refractivity contribution is -0.137. The average Bonchev–Trinajstić information content (AvgIpc) is 2.44. The van der Waals surface area contributed by atoms with E-state index in [1.54, 1.807) is 6.07 Å². The first-order valence-corrected chi connectivity index (χ1v) is 7.97. The molecule has 1 aromatic rings. The summed E-state index contributed by atoms with van der Waals surface area (Å²) >= 11 is 0. The number of hydrogen-bond acceptors (Lipinski definition) is 2. The number of likely N-dealkylation sites (tertiary alicyclic amines) is 1. The predicted octanol–water partition coefficient (Wildman–Crippen LogP) is 3.77. The van der Waals surface area contributed by atoms with Gasteiger partial charge in [-0.15, -0.1) is 0 Å². The third-order valence-electron chi connectivity index (χ3n) is 3.79. The lowest BCUT2D eigenvalue weighted by atomic mass is 9.91. The topological polar surface area (TPSA) is 29.5 Å². The lowest BCUT2D eigenvalue weighted by Gasteiger charge is -2.34. The Morgan fingerprint density at radius 2 is 2.18 bits per heavy atom. The van der Waals surface area contributed by atoms with Crippen LogP contribution in [0.15, 0.2) is 24.3 Å². The summed E-state index contributed by atoms with van der Waals surface area (Å²) in [4.78, 5) is 14.2. The molecule has 1 aromatic carbocycles. The Labute approximate surface area is 132 Å². The van der Waals surface area contributed by atoms with Crippen molar-refractivity contribution >= 4 is 5.91 Å². The summed E-state index contributed by atoms with van der Waals surface area (Å²) in [5.74, 6) is -0.0433. The standard InChI is InChI=1S/C18H26FNO2/c1-18(2,3)11-17(21)20-9-5-8-16(12-20)22-13-14-6-4-7-15(19)10-14/h4,6-7,10,16H,5,8-9,11-13H2,1-3H3. The van der Waals surface area contributed by atoms with Gasteiger partial charge >= 0.3 is 0 Å². The molecule has 2 rings (SSSR count). The van der Waals surface area contributed by atoms with Gasteiger partial charge < -0.3 is 9.64 Å². The van der Waals surface area contributed by atoms with Crippen LogP contribution >= 0.6 is 0 Å². The number of amides is 1. The minimum absolute atomic E-state index is 0.00640. The van der Waals surface area contributed by atoms with Crippen molar-refractivity contribution in [3.63, 3.8) is 0 Å². The minimum atomic E-state index is -0.244. The zero-order valence-electron chi connectivity index (χ0n) is 13.8. The van der Waals surface area contributed by atoms with Gasteiger partial charge in [0.2, 0.25) is 5.91 Å². The van der Waals surface area contributed by atoms with E-state index in [-0.39, 0.29) is 23.2 Å². The molecule has 1 aliphatic rings. The molecule has 4 heteroatoms. The Morgan fingerprint density at radius 1 is 1.41 bits per heavy atom. The summed E-state index contributed by atoms with van der Waals surface area (Å²) in [6.45, 7) is 8.08. The summed E-state index contributed by atoms with van der Waals surface area (Å²) in [5, 5.41) is 0.